The third kappa shape index (κ3) is 6.47. The summed E-state index contributed by atoms with van der Waals surface area (Å²) in [5, 5.41) is 11.6. The lowest BCUT2D eigenvalue weighted by atomic mass is 9.78. The van der Waals surface area contributed by atoms with Crippen LogP contribution in [0.2, 0.25) is 5.02 Å². The van der Waals surface area contributed by atoms with Gasteiger partial charge in [0, 0.05) is 10.8 Å². The fourth-order valence-corrected chi connectivity index (χ4v) is 4.30. The Bertz CT molecular complexity index is 734. The number of rotatable bonds is 6. The minimum absolute atomic E-state index is 0.0680. The summed E-state index contributed by atoms with van der Waals surface area (Å²) >= 11 is 8.00. The summed E-state index contributed by atoms with van der Waals surface area (Å²) < 4.78 is 0. The molecule has 0 fully saturated rings. The van der Waals surface area contributed by atoms with Crippen LogP contribution in [0.5, 0.6) is 5.75 Å². The van der Waals surface area contributed by atoms with Gasteiger partial charge in [-0.1, -0.05) is 77.4 Å². The Hall–Kier alpha value is -1.12. The van der Waals surface area contributed by atoms with Gasteiger partial charge in [-0.05, 0) is 63.8 Å². The molecule has 0 amide bonds. The predicted octanol–water partition coefficient (Wildman–Crippen LogP) is 7.51. The molecule has 27 heavy (non-hydrogen) atoms. The average molecular weight is 405 g/mol. The fraction of sp³-hybridized carbons (Fsp3) is 0.500. The van der Waals surface area contributed by atoms with Crippen molar-refractivity contribution < 1.29 is 5.11 Å². The first kappa shape index (κ1) is 22.2. The second kappa shape index (κ2) is 8.92. The highest BCUT2D eigenvalue weighted by Crippen LogP contribution is 2.40. The normalized spacial score (nSPS) is 12.4. The molecule has 0 atom stereocenters. The van der Waals surface area contributed by atoms with E-state index in [0.717, 1.165) is 40.5 Å². The standard InChI is InChI=1S/C24H33ClOS/c1-23(2,3)20-14-17(15-21(22(20)26)24(4,5)6)10-8-12-27-16-18-9-7-11-19(25)13-18/h7,9,11,13-15,26H,8,10,12,16H2,1-6H3. The fourth-order valence-electron chi connectivity index (χ4n) is 3.18. The van der Waals surface area contributed by atoms with Gasteiger partial charge in [0.25, 0.3) is 0 Å². The number of thioether (sulfide) groups is 1. The summed E-state index contributed by atoms with van der Waals surface area (Å²) in [4.78, 5) is 0. The number of benzene rings is 2. The number of aryl methyl sites for hydroxylation is 1. The molecule has 0 spiro atoms. The van der Waals surface area contributed by atoms with Crippen LogP contribution >= 0.6 is 23.4 Å². The lowest BCUT2D eigenvalue weighted by Gasteiger charge is -2.28. The Morgan fingerprint density at radius 2 is 1.48 bits per heavy atom. The molecule has 0 bridgehead atoms. The highest BCUT2D eigenvalue weighted by Gasteiger charge is 2.26. The number of halogens is 1. The van der Waals surface area contributed by atoms with E-state index in [4.69, 9.17) is 11.6 Å². The van der Waals surface area contributed by atoms with Gasteiger partial charge in [0.2, 0.25) is 0 Å². The van der Waals surface area contributed by atoms with Crippen LogP contribution in [0.15, 0.2) is 36.4 Å². The van der Waals surface area contributed by atoms with E-state index in [2.05, 4.69) is 59.7 Å². The first-order chi connectivity index (χ1) is 12.5. The van der Waals surface area contributed by atoms with E-state index in [1.165, 1.54) is 11.1 Å². The van der Waals surface area contributed by atoms with Gasteiger partial charge in [0.05, 0.1) is 0 Å². The molecule has 0 heterocycles. The van der Waals surface area contributed by atoms with Gasteiger partial charge in [-0.25, -0.2) is 0 Å². The Morgan fingerprint density at radius 1 is 0.889 bits per heavy atom. The van der Waals surface area contributed by atoms with Crippen LogP contribution < -0.4 is 0 Å². The van der Waals surface area contributed by atoms with E-state index in [-0.39, 0.29) is 10.8 Å². The number of phenols is 1. The maximum absolute atomic E-state index is 10.8. The lowest BCUT2D eigenvalue weighted by Crippen LogP contribution is -2.18. The van der Waals surface area contributed by atoms with Gasteiger partial charge in [-0.2, -0.15) is 11.8 Å². The summed E-state index contributed by atoms with van der Waals surface area (Å²) in [6.45, 7) is 13.0. The van der Waals surface area contributed by atoms with Crippen LogP contribution in [0.25, 0.3) is 0 Å². The molecule has 2 aromatic carbocycles. The molecule has 148 valence electrons. The summed E-state index contributed by atoms with van der Waals surface area (Å²) in [5.41, 5.74) is 4.57. The van der Waals surface area contributed by atoms with Crippen molar-refractivity contribution in [3.63, 3.8) is 0 Å². The largest absolute Gasteiger partial charge is 0.507 e. The van der Waals surface area contributed by atoms with Crippen molar-refractivity contribution >= 4 is 23.4 Å². The average Bonchev–Trinajstić information content (AvgIpc) is 2.53. The SMILES string of the molecule is CC(C)(C)c1cc(CCCSCc2cccc(Cl)c2)cc(C(C)(C)C)c1O. The second-order valence-electron chi connectivity index (χ2n) is 9.33. The molecule has 0 aliphatic rings. The van der Waals surface area contributed by atoms with Crippen LogP contribution in [0.1, 0.15) is 70.2 Å². The monoisotopic (exact) mass is 404 g/mol. The van der Waals surface area contributed by atoms with Crippen molar-refractivity contribution in [2.75, 3.05) is 5.75 Å². The summed E-state index contributed by atoms with van der Waals surface area (Å²) in [5.74, 6) is 2.58. The van der Waals surface area contributed by atoms with Gasteiger partial charge in [-0.15, -0.1) is 0 Å². The van der Waals surface area contributed by atoms with E-state index < -0.39 is 0 Å². The van der Waals surface area contributed by atoms with Gasteiger partial charge < -0.3 is 5.11 Å². The van der Waals surface area contributed by atoms with Crippen LogP contribution in [-0.2, 0) is 23.0 Å². The zero-order chi connectivity index (χ0) is 20.2. The Balaban J connectivity index is 2.03. The van der Waals surface area contributed by atoms with Crippen LogP contribution in [0.4, 0.5) is 0 Å². The molecule has 0 aliphatic heterocycles. The van der Waals surface area contributed by atoms with Crippen molar-refractivity contribution in [1.29, 1.82) is 0 Å². The molecular weight excluding hydrogens is 372 g/mol. The van der Waals surface area contributed by atoms with Gasteiger partial charge in [0.1, 0.15) is 5.75 Å². The maximum Gasteiger partial charge on any atom is 0.123 e. The summed E-state index contributed by atoms with van der Waals surface area (Å²) in [7, 11) is 0. The van der Waals surface area contributed by atoms with E-state index in [1.54, 1.807) is 0 Å². The van der Waals surface area contributed by atoms with Crippen molar-refractivity contribution in [3.8, 4) is 5.75 Å². The van der Waals surface area contributed by atoms with Crippen molar-refractivity contribution in [2.24, 2.45) is 0 Å². The van der Waals surface area contributed by atoms with Gasteiger partial charge >= 0.3 is 0 Å². The molecule has 2 rings (SSSR count). The molecule has 2 aromatic rings. The van der Waals surface area contributed by atoms with Crippen LogP contribution in [0.3, 0.4) is 0 Å². The molecule has 3 heteroatoms. The van der Waals surface area contributed by atoms with Gasteiger partial charge in [-0.3, -0.25) is 0 Å². The van der Waals surface area contributed by atoms with E-state index in [0.29, 0.717) is 5.75 Å². The van der Waals surface area contributed by atoms with E-state index >= 15 is 0 Å². The molecule has 0 unspecified atom stereocenters. The quantitative estimate of drug-likeness (QED) is 0.502. The van der Waals surface area contributed by atoms with E-state index in [1.807, 2.05) is 30.0 Å². The molecule has 0 radical (unpaired) electrons. The van der Waals surface area contributed by atoms with Crippen LogP contribution in [-0.4, -0.2) is 10.9 Å². The molecule has 1 N–H and O–H groups in total. The van der Waals surface area contributed by atoms with Gasteiger partial charge in [0.15, 0.2) is 0 Å². The Morgan fingerprint density at radius 3 is 2.00 bits per heavy atom. The summed E-state index contributed by atoms with van der Waals surface area (Å²) in [6.07, 6.45) is 2.16. The smallest absolute Gasteiger partial charge is 0.123 e. The summed E-state index contributed by atoms with van der Waals surface area (Å²) in [6, 6.07) is 12.5. The highest BCUT2D eigenvalue weighted by atomic mass is 35.5. The number of hydrogen-bond donors (Lipinski definition) is 1. The molecule has 0 saturated carbocycles. The Labute approximate surface area is 174 Å². The third-order valence-corrected chi connectivity index (χ3v) is 6.05. The topological polar surface area (TPSA) is 20.2 Å². The zero-order valence-corrected chi connectivity index (χ0v) is 19.1. The highest BCUT2D eigenvalue weighted by molar-refractivity contribution is 7.98. The minimum Gasteiger partial charge on any atom is -0.507 e. The minimum atomic E-state index is -0.0680. The first-order valence-corrected chi connectivity index (χ1v) is 11.2. The predicted molar refractivity (Wildman–Crippen MR) is 121 cm³/mol. The molecule has 0 aliphatic carbocycles. The third-order valence-electron chi connectivity index (χ3n) is 4.70. The first-order valence-electron chi connectivity index (χ1n) is 9.67. The number of phenolic OH excluding ortho intramolecular Hbond substituents is 1. The molecule has 1 nitrogen and oxygen atoms in total. The van der Waals surface area contributed by atoms with E-state index in [9.17, 15) is 5.11 Å². The number of hydrogen-bond acceptors (Lipinski definition) is 2. The zero-order valence-electron chi connectivity index (χ0n) is 17.5. The van der Waals surface area contributed by atoms with Crippen molar-refractivity contribution in [1.82, 2.24) is 0 Å². The maximum atomic E-state index is 10.8. The number of aromatic hydroxyl groups is 1. The molecule has 0 saturated heterocycles. The molecular formula is C24H33ClOS. The Kier molecular flexibility index (Phi) is 7.33. The van der Waals surface area contributed by atoms with Crippen LogP contribution in [0, 0.1) is 0 Å². The van der Waals surface area contributed by atoms with Crippen molar-refractivity contribution in [2.45, 2.75) is 71.0 Å². The second-order valence-corrected chi connectivity index (χ2v) is 10.9. The lowest BCUT2D eigenvalue weighted by molar-refractivity contribution is 0.422. The van der Waals surface area contributed by atoms with Crippen molar-refractivity contribution in [3.05, 3.63) is 63.7 Å². The molecule has 0 aromatic heterocycles.